The van der Waals surface area contributed by atoms with E-state index < -0.39 is 0 Å². The summed E-state index contributed by atoms with van der Waals surface area (Å²) in [4.78, 5) is 23.8. The number of benzene rings is 1. The summed E-state index contributed by atoms with van der Waals surface area (Å²) in [6, 6.07) is 11.9. The Bertz CT molecular complexity index is 1010. The Morgan fingerprint density at radius 3 is 2.92 bits per heavy atom. The van der Waals surface area contributed by atoms with Gasteiger partial charge < -0.3 is 4.98 Å². The molecule has 0 aliphatic carbocycles. The number of carbonyl (C=O) groups excluding carboxylic acids is 1. The highest BCUT2D eigenvalue weighted by Crippen LogP contribution is 2.24. The number of fused-ring (bicyclic) bond motifs is 1. The average Bonchev–Trinajstić information content (AvgIpc) is 3.18. The molecule has 4 rings (SSSR count). The number of pyridine rings is 1. The minimum absolute atomic E-state index is 0.208. The highest BCUT2D eigenvalue weighted by molar-refractivity contribution is 8.13. The van der Waals surface area contributed by atoms with E-state index in [4.69, 9.17) is 11.6 Å². The molecule has 2 aromatic heterocycles. The minimum atomic E-state index is -0.208. The zero-order valence-corrected chi connectivity index (χ0v) is 14.6. The number of amides is 1. The van der Waals surface area contributed by atoms with Gasteiger partial charge in [-0.3, -0.25) is 10.1 Å². The predicted octanol–water partition coefficient (Wildman–Crippen LogP) is 3.98. The van der Waals surface area contributed by atoms with Gasteiger partial charge in [0.1, 0.15) is 11.3 Å². The molecule has 0 bridgehead atoms. The van der Waals surface area contributed by atoms with Gasteiger partial charge in [0.25, 0.3) is 5.91 Å². The molecule has 2 N–H and O–H groups in total. The molecule has 1 aliphatic rings. The smallest absolute Gasteiger partial charge is 0.275 e. The maximum absolute atomic E-state index is 12.2. The molecule has 1 aromatic carbocycles. The molecule has 0 radical (unpaired) electrons. The van der Waals surface area contributed by atoms with E-state index in [0.29, 0.717) is 15.9 Å². The van der Waals surface area contributed by atoms with Crippen LogP contribution in [0.1, 0.15) is 11.1 Å². The van der Waals surface area contributed by atoms with Crippen molar-refractivity contribution in [3.63, 3.8) is 0 Å². The van der Waals surface area contributed by atoms with Gasteiger partial charge in [-0.05, 0) is 17.7 Å². The van der Waals surface area contributed by atoms with Crippen molar-refractivity contribution in [2.75, 3.05) is 0 Å². The first kappa shape index (κ1) is 15.9. The highest BCUT2D eigenvalue weighted by atomic mass is 35.5. The second kappa shape index (κ2) is 6.74. The van der Waals surface area contributed by atoms with E-state index in [0.717, 1.165) is 22.3 Å². The quantitative estimate of drug-likeness (QED) is 0.687. The Kier molecular flexibility index (Phi) is 4.29. The first-order chi connectivity index (χ1) is 12.2. The number of aromatic nitrogens is 2. The zero-order chi connectivity index (χ0) is 17.2. The summed E-state index contributed by atoms with van der Waals surface area (Å²) in [5.41, 5.74) is 3.10. The molecule has 0 saturated carbocycles. The number of halogens is 1. The molecule has 3 aromatic rings. The molecule has 0 unspecified atom stereocenters. The lowest BCUT2D eigenvalue weighted by molar-refractivity contribution is -0.115. The van der Waals surface area contributed by atoms with Crippen LogP contribution in [0.5, 0.6) is 0 Å². The molecule has 124 valence electrons. The van der Waals surface area contributed by atoms with E-state index in [1.165, 1.54) is 17.3 Å². The first-order valence-electron chi connectivity index (χ1n) is 7.60. The molecule has 0 atom stereocenters. The fourth-order valence-electron chi connectivity index (χ4n) is 2.51. The maximum atomic E-state index is 12.2. The van der Waals surface area contributed by atoms with Crippen molar-refractivity contribution in [1.29, 1.82) is 0 Å². The van der Waals surface area contributed by atoms with E-state index in [2.05, 4.69) is 20.3 Å². The zero-order valence-electron chi connectivity index (χ0n) is 13.0. The summed E-state index contributed by atoms with van der Waals surface area (Å²) in [6.07, 6.45) is 5.11. The normalized spacial score (nSPS) is 15.6. The fraction of sp³-hybridized carbons (Fsp3) is 0.0556. The van der Waals surface area contributed by atoms with Crippen molar-refractivity contribution in [3.05, 3.63) is 70.6 Å². The number of hydrogen-bond donors (Lipinski definition) is 2. The third-order valence-electron chi connectivity index (χ3n) is 3.72. The number of aliphatic imine (C=N–C) groups is 1. The molecule has 3 heterocycles. The molecular formula is C18H13ClN4OS. The number of nitrogens with zero attached hydrogens (tertiary/aromatic N) is 2. The topological polar surface area (TPSA) is 70.1 Å². The molecule has 0 spiro atoms. The lowest BCUT2D eigenvalue weighted by Crippen LogP contribution is -2.21. The van der Waals surface area contributed by atoms with Crippen LogP contribution in [-0.4, -0.2) is 21.0 Å². The lowest BCUT2D eigenvalue weighted by Gasteiger charge is -2.00. The van der Waals surface area contributed by atoms with Crippen molar-refractivity contribution in [1.82, 2.24) is 15.3 Å². The monoisotopic (exact) mass is 368 g/mol. The van der Waals surface area contributed by atoms with Crippen molar-refractivity contribution in [2.24, 2.45) is 4.99 Å². The number of H-pyrrole nitrogens is 1. The Labute approximate surface area is 153 Å². The molecule has 1 aliphatic heterocycles. The minimum Gasteiger partial charge on any atom is -0.346 e. The molecule has 0 fully saturated rings. The summed E-state index contributed by atoms with van der Waals surface area (Å²) < 4.78 is 0. The van der Waals surface area contributed by atoms with Gasteiger partial charge >= 0.3 is 0 Å². The largest absolute Gasteiger partial charge is 0.346 e. The van der Waals surface area contributed by atoms with Gasteiger partial charge in [0, 0.05) is 29.1 Å². The number of thioether (sulfide) groups is 1. The number of amidine groups is 1. The molecular weight excluding hydrogens is 356 g/mol. The van der Waals surface area contributed by atoms with Gasteiger partial charge in [0.05, 0.1) is 5.02 Å². The van der Waals surface area contributed by atoms with E-state index >= 15 is 0 Å². The Hall–Kier alpha value is -2.57. The van der Waals surface area contributed by atoms with E-state index in [9.17, 15) is 4.79 Å². The van der Waals surface area contributed by atoms with Crippen LogP contribution in [-0.2, 0) is 10.5 Å². The van der Waals surface area contributed by atoms with Crippen LogP contribution in [0.15, 0.2) is 59.5 Å². The Morgan fingerprint density at radius 1 is 1.24 bits per heavy atom. The van der Waals surface area contributed by atoms with Crippen LogP contribution in [0.25, 0.3) is 17.1 Å². The van der Waals surface area contributed by atoms with E-state index in [1.807, 2.05) is 36.4 Å². The first-order valence-corrected chi connectivity index (χ1v) is 8.96. The number of carbonyl (C=O) groups is 1. The van der Waals surface area contributed by atoms with E-state index in [1.54, 1.807) is 18.5 Å². The standard InChI is InChI=1S/C18H13ClN4OS/c19-13-7-14-12(8-20-16(14)21-9-13)6-15-17(24)23-18(22-15)25-10-11-4-2-1-3-5-11/h1-9H,10H2,(H,20,21)(H,22,23,24). The number of rotatable bonds is 3. The average molecular weight is 369 g/mol. The Balaban J connectivity index is 1.56. The van der Waals surface area contributed by atoms with Gasteiger partial charge in [-0.1, -0.05) is 53.7 Å². The second-order valence-corrected chi connectivity index (χ2v) is 6.87. The Morgan fingerprint density at radius 2 is 2.08 bits per heavy atom. The fourth-order valence-corrected chi connectivity index (χ4v) is 3.49. The lowest BCUT2D eigenvalue weighted by atomic mass is 10.2. The predicted molar refractivity (Wildman–Crippen MR) is 102 cm³/mol. The van der Waals surface area contributed by atoms with Crippen LogP contribution in [0, 0.1) is 0 Å². The summed E-state index contributed by atoms with van der Waals surface area (Å²) in [6.45, 7) is 0. The highest BCUT2D eigenvalue weighted by Gasteiger charge is 2.20. The number of nitrogens with one attached hydrogen (secondary N) is 2. The van der Waals surface area contributed by atoms with Crippen molar-refractivity contribution < 1.29 is 4.79 Å². The molecule has 5 nitrogen and oxygen atoms in total. The van der Waals surface area contributed by atoms with Crippen LogP contribution < -0.4 is 5.32 Å². The summed E-state index contributed by atoms with van der Waals surface area (Å²) in [5.74, 6) is 0.541. The summed E-state index contributed by atoms with van der Waals surface area (Å²) >= 11 is 7.51. The molecule has 7 heteroatoms. The van der Waals surface area contributed by atoms with Crippen molar-refractivity contribution in [2.45, 2.75) is 5.75 Å². The number of aromatic amines is 1. The SMILES string of the molecule is O=C1NC(SCc2ccccc2)=NC1=Cc1c[nH]c2ncc(Cl)cc12. The van der Waals surface area contributed by atoms with Gasteiger partial charge in [-0.2, -0.15) is 0 Å². The third kappa shape index (κ3) is 3.45. The second-order valence-electron chi connectivity index (χ2n) is 5.47. The van der Waals surface area contributed by atoms with Crippen LogP contribution in [0.2, 0.25) is 5.02 Å². The van der Waals surface area contributed by atoms with Crippen molar-refractivity contribution in [3.8, 4) is 0 Å². The van der Waals surface area contributed by atoms with Crippen LogP contribution in [0.4, 0.5) is 0 Å². The van der Waals surface area contributed by atoms with Crippen molar-refractivity contribution >= 4 is 51.5 Å². The maximum Gasteiger partial charge on any atom is 0.275 e. The van der Waals surface area contributed by atoms with Gasteiger partial charge in [-0.15, -0.1) is 0 Å². The molecule has 25 heavy (non-hydrogen) atoms. The van der Waals surface area contributed by atoms with E-state index in [-0.39, 0.29) is 5.91 Å². The molecule has 1 amide bonds. The van der Waals surface area contributed by atoms with Gasteiger partial charge in [-0.25, -0.2) is 9.98 Å². The van der Waals surface area contributed by atoms with Gasteiger partial charge in [0.2, 0.25) is 0 Å². The third-order valence-corrected chi connectivity index (χ3v) is 4.87. The van der Waals surface area contributed by atoms with Crippen LogP contribution >= 0.6 is 23.4 Å². The van der Waals surface area contributed by atoms with Gasteiger partial charge in [0.15, 0.2) is 5.17 Å². The van der Waals surface area contributed by atoms with Crippen LogP contribution in [0.3, 0.4) is 0 Å². The number of hydrogen-bond acceptors (Lipinski definition) is 4. The summed E-state index contributed by atoms with van der Waals surface area (Å²) in [7, 11) is 0. The summed E-state index contributed by atoms with van der Waals surface area (Å²) in [5, 5.41) is 4.81. The molecule has 0 saturated heterocycles.